The van der Waals surface area contributed by atoms with Crippen molar-refractivity contribution in [2.75, 3.05) is 13.2 Å². The first-order valence-corrected chi connectivity index (χ1v) is 6.29. The molecule has 0 spiro atoms. The molecule has 0 aromatic carbocycles. The molecule has 1 N–H and O–H groups in total. The molecule has 4 heteroatoms. The molecule has 0 radical (unpaired) electrons. The monoisotopic (exact) mass is 282 g/mol. The third kappa shape index (κ3) is 2.44. The Morgan fingerprint density at radius 1 is 1.62 bits per heavy atom. The maximum Gasteiger partial charge on any atom is 0.115 e. The van der Waals surface area contributed by atoms with Gasteiger partial charge in [-0.3, -0.25) is 4.98 Å². The highest BCUT2D eigenvalue weighted by atomic mass is 79.9. The van der Waals surface area contributed by atoms with Gasteiger partial charge in [0, 0.05) is 17.1 Å². The first-order valence-electron chi connectivity index (χ1n) is 5.49. The molecule has 1 aromatic rings. The van der Waals surface area contributed by atoms with Crippen LogP contribution in [0.2, 0.25) is 0 Å². The van der Waals surface area contributed by atoms with Crippen LogP contribution in [0.4, 0.5) is 0 Å². The number of hydrogen-bond donors (Lipinski definition) is 1. The minimum absolute atomic E-state index is 0.0584. The predicted molar refractivity (Wildman–Crippen MR) is 67.0 cm³/mol. The molecular formula is C12H15BrN2O. The molecule has 1 aliphatic heterocycles. The summed E-state index contributed by atoms with van der Waals surface area (Å²) in [5.41, 5.74) is 0.984. The fourth-order valence-corrected chi connectivity index (χ4v) is 2.27. The van der Waals surface area contributed by atoms with Crippen molar-refractivity contribution in [3.63, 3.8) is 0 Å². The Bertz CT molecular complexity index is 392. The molecule has 16 heavy (non-hydrogen) atoms. The lowest BCUT2D eigenvalue weighted by atomic mass is 10.1. The van der Waals surface area contributed by atoms with Crippen LogP contribution in [0, 0.1) is 0 Å². The smallest absolute Gasteiger partial charge is 0.115 e. The first kappa shape index (κ1) is 11.6. The molecule has 1 aromatic heterocycles. The minimum atomic E-state index is 0.0584. The second-order valence-electron chi connectivity index (χ2n) is 3.60. The van der Waals surface area contributed by atoms with E-state index in [2.05, 4.69) is 39.2 Å². The number of rotatable bonds is 4. The number of likely N-dealkylation sites (N-methyl/N-ethyl adjacent to an activating group) is 1. The van der Waals surface area contributed by atoms with Crippen LogP contribution in [0.3, 0.4) is 0 Å². The number of ether oxygens (including phenoxy) is 1. The van der Waals surface area contributed by atoms with E-state index in [-0.39, 0.29) is 6.04 Å². The average Bonchev–Trinajstić information content (AvgIpc) is 2.80. The Hall–Kier alpha value is -0.870. The third-order valence-electron chi connectivity index (χ3n) is 2.49. The van der Waals surface area contributed by atoms with Crippen LogP contribution in [0.5, 0.6) is 0 Å². The Kier molecular flexibility index (Phi) is 3.96. The second-order valence-corrected chi connectivity index (χ2v) is 4.46. The van der Waals surface area contributed by atoms with E-state index in [9.17, 15) is 0 Å². The lowest BCUT2D eigenvalue weighted by Crippen LogP contribution is -2.24. The van der Waals surface area contributed by atoms with E-state index in [1.165, 1.54) is 0 Å². The lowest BCUT2D eigenvalue weighted by molar-refractivity contribution is 0.214. The second kappa shape index (κ2) is 5.46. The van der Waals surface area contributed by atoms with Crippen molar-refractivity contribution in [1.82, 2.24) is 10.3 Å². The molecule has 0 amide bonds. The van der Waals surface area contributed by atoms with Crippen LogP contribution < -0.4 is 5.32 Å². The van der Waals surface area contributed by atoms with E-state index in [1.807, 2.05) is 12.1 Å². The zero-order chi connectivity index (χ0) is 11.4. The van der Waals surface area contributed by atoms with Gasteiger partial charge in [0.1, 0.15) is 11.8 Å². The molecule has 3 nitrogen and oxygen atoms in total. The number of nitrogens with zero attached hydrogens (tertiary/aromatic N) is 1. The van der Waals surface area contributed by atoms with Crippen LogP contribution in [0.25, 0.3) is 0 Å². The van der Waals surface area contributed by atoms with Crippen molar-refractivity contribution >= 4 is 15.9 Å². The molecule has 2 heterocycles. The maximum atomic E-state index is 5.61. The van der Waals surface area contributed by atoms with Crippen molar-refractivity contribution in [2.24, 2.45) is 0 Å². The molecule has 1 aliphatic rings. The van der Waals surface area contributed by atoms with Gasteiger partial charge in [0.15, 0.2) is 0 Å². The van der Waals surface area contributed by atoms with E-state index >= 15 is 0 Å². The van der Waals surface area contributed by atoms with Crippen molar-refractivity contribution in [3.8, 4) is 0 Å². The fraction of sp³-hybridized carbons (Fsp3) is 0.417. The molecule has 86 valence electrons. The van der Waals surface area contributed by atoms with Gasteiger partial charge < -0.3 is 10.1 Å². The zero-order valence-corrected chi connectivity index (χ0v) is 10.8. The molecule has 0 aliphatic carbocycles. The molecule has 1 unspecified atom stereocenters. The number of hydrogen-bond acceptors (Lipinski definition) is 3. The summed E-state index contributed by atoms with van der Waals surface area (Å²) in [7, 11) is 0. The Balaban J connectivity index is 2.28. The lowest BCUT2D eigenvalue weighted by Gasteiger charge is -2.19. The topological polar surface area (TPSA) is 34.1 Å². The zero-order valence-electron chi connectivity index (χ0n) is 9.24. The number of aromatic nitrogens is 1. The quantitative estimate of drug-likeness (QED) is 0.922. The summed E-state index contributed by atoms with van der Waals surface area (Å²) in [4.78, 5) is 4.41. The van der Waals surface area contributed by atoms with Crippen LogP contribution in [-0.4, -0.2) is 18.1 Å². The van der Waals surface area contributed by atoms with Gasteiger partial charge in [0.2, 0.25) is 0 Å². The van der Waals surface area contributed by atoms with Crippen molar-refractivity contribution in [3.05, 3.63) is 40.3 Å². The van der Waals surface area contributed by atoms with Crippen molar-refractivity contribution in [1.29, 1.82) is 0 Å². The van der Waals surface area contributed by atoms with E-state index < -0.39 is 0 Å². The van der Waals surface area contributed by atoms with E-state index in [0.717, 1.165) is 35.5 Å². The molecule has 0 saturated carbocycles. The summed E-state index contributed by atoms with van der Waals surface area (Å²) in [5, 5.41) is 3.40. The summed E-state index contributed by atoms with van der Waals surface area (Å²) in [6, 6.07) is 3.98. The predicted octanol–water partition coefficient (Wildman–Crippen LogP) is 2.80. The third-order valence-corrected chi connectivity index (χ3v) is 3.16. The molecular weight excluding hydrogens is 268 g/mol. The number of halogens is 1. The standard InChI is InChI=1S/C12H15BrN2O/c1-2-14-12(10-6-4-8-16-10)11-9(13)5-3-7-15-11/h3,5-7,12,14H,2,4,8H2,1H3. The Morgan fingerprint density at radius 2 is 2.50 bits per heavy atom. The van der Waals surface area contributed by atoms with Gasteiger partial charge >= 0.3 is 0 Å². The van der Waals surface area contributed by atoms with Crippen molar-refractivity contribution < 1.29 is 4.74 Å². The number of pyridine rings is 1. The van der Waals surface area contributed by atoms with Gasteiger partial charge in [0.25, 0.3) is 0 Å². The van der Waals surface area contributed by atoms with E-state index in [4.69, 9.17) is 4.74 Å². The largest absolute Gasteiger partial charge is 0.496 e. The first-order chi connectivity index (χ1) is 7.83. The minimum Gasteiger partial charge on any atom is -0.496 e. The van der Waals surface area contributed by atoms with Crippen LogP contribution >= 0.6 is 15.9 Å². The molecule has 0 bridgehead atoms. The summed E-state index contributed by atoms with van der Waals surface area (Å²) in [6.45, 7) is 3.75. The highest BCUT2D eigenvalue weighted by Crippen LogP contribution is 2.29. The van der Waals surface area contributed by atoms with Gasteiger partial charge in [-0.2, -0.15) is 0 Å². The summed E-state index contributed by atoms with van der Waals surface area (Å²) < 4.78 is 6.63. The van der Waals surface area contributed by atoms with Crippen LogP contribution in [0.15, 0.2) is 34.6 Å². The van der Waals surface area contributed by atoms with Gasteiger partial charge in [-0.25, -0.2) is 0 Å². The maximum absolute atomic E-state index is 5.61. The fourth-order valence-electron chi connectivity index (χ4n) is 1.78. The molecule has 0 saturated heterocycles. The molecule has 1 atom stereocenters. The Morgan fingerprint density at radius 3 is 3.12 bits per heavy atom. The van der Waals surface area contributed by atoms with Gasteiger partial charge in [-0.05, 0) is 40.7 Å². The SMILES string of the molecule is CCNC(C1=CCCO1)c1ncccc1Br. The van der Waals surface area contributed by atoms with Gasteiger partial charge in [0.05, 0.1) is 12.3 Å². The van der Waals surface area contributed by atoms with Crippen molar-refractivity contribution in [2.45, 2.75) is 19.4 Å². The highest BCUT2D eigenvalue weighted by Gasteiger charge is 2.22. The van der Waals surface area contributed by atoms with Gasteiger partial charge in [-0.15, -0.1) is 0 Å². The summed E-state index contributed by atoms with van der Waals surface area (Å²) >= 11 is 3.53. The summed E-state index contributed by atoms with van der Waals surface area (Å²) in [6.07, 6.45) is 4.93. The highest BCUT2D eigenvalue weighted by molar-refractivity contribution is 9.10. The average molecular weight is 283 g/mol. The molecule has 0 fully saturated rings. The van der Waals surface area contributed by atoms with E-state index in [1.54, 1.807) is 6.20 Å². The normalized spacial score (nSPS) is 16.8. The summed E-state index contributed by atoms with van der Waals surface area (Å²) in [5.74, 6) is 0.987. The molecule has 2 rings (SSSR count). The van der Waals surface area contributed by atoms with Gasteiger partial charge in [-0.1, -0.05) is 6.92 Å². The van der Waals surface area contributed by atoms with E-state index in [0.29, 0.717) is 0 Å². The Labute approximate surface area is 104 Å². The van der Waals surface area contributed by atoms with Crippen LogP contribution in [0.1, 0.15) is 25.1 Å². The van der Waals surface area contributed by atoms with Crippen LogP contribution in [-0.2, 0) is 4.74 Å². The number of nitrogens with one attached hydrogen (secondary N) is 1.